The van der Waals surface area contributed by atoms with Gasteiger partial charge >= 0.3 is 0 Å². The predicted octanol–water partition coefficient (Wildman–Crippen LogP) is 1.81. The molecule has 0 aliphatic carbocycles. The number of nitro groups is 1. The van der Waals surface area contributed by atoms with Crippen molar-refractivity contribution in [2.45, 2.75) is 6.42 Å². The van der Waals surface area contributed by atoms with Crippen molar-refractivity contribution in [3.63, 3.8) is 0 Å². The Kier molecular flexibility index (Phi) is 5.72. The van der Waals surface area contributed by atoms with Gasteiger partial charge in [0.25, 0.3) is 5.69 Å². The molecule has 1 saturated heterocycles. The van der Waals surface area contributed by atoms with E-state index in [9.17, 15) is 24.8 Å². The van der Waals surface area contributed by atoms with Gasteiger partial charge in [-0.1, -0.05) is 0 Å². The fourth-order valence-electron chi connectivity index (χ4n) is 2.91. The van der Waals surface area contributed by atoms with Crippen LogP contribution in [0, 0.1) is 16.0 Å². The maximum atomic E-state index is 12.3. The lowest BCUT2D eigenvalue weighted by molar-refractivity contribution is -0.384. The van der Waals surface area contributed by atoms with Crippen molar-refractivity contribution >= 4 is 29.4 Å². The summed E-state index contributed by atoms with van der Waals surface area (Å²) in [6.07, 6.45) is 1.15. The lowest BCUT2D eigenvalue weighted by Crippen LogP contribution is -2.30. The highest BCUT2D eigenvalue weighted by molar-refractivity contribution is 6.00. The standard InChI is InChI=1S/C19H18N4O6/c1-29-16-5-2-14(3-6-16)22-11-13(9-18(22)25)19(26)21-20-10-12-8-15(23(27)28)4-7-17(12)24/h2-8,10,13,24H,9,11H2,1H3,(H,21,26)/b20-10+/t13-/m1/s1. The number of rotatable bonds is 6. The Morgan fingerprint density at radius 3 is 2.72 bits per heavy atom. The molecule has 29 heavy (non-hydrogen) atoms. The molecule has 0 radical (unpaired) electrons. The molecular weight excluding hydrogens is 380 g/mol. The molecule has 1 aliphatic heterocycles. The number of non-ortho nitro benzene ring substituents is 1. The van der Waals surface area contributed by atoms with E-state index < -0.39 is 16.7 Å². The minimum atomic E-state index is -0.604. The average molecular weight is 398 g/mol. The molecule has 0 saturated carbocycles. The number of nitrogens with zero attached hydrogens (tertiary/aromatic N) is 3. The molecule has 2 aromatic rings. The monoisotopic (exact) mass is 398 g/mol. The Morgan fingerprint density at radius 1 is 1.34 bits per heavy atom. The number of nitrogens with one attached hydrogen (secondary N) is 1. The van der Waals surface area contributed by atoms with E-state index in [1.807, 2.05) is 0 Å². The van der Waals surface area contributed by atoms with Crippen molar-refractivity contribution in [2.24, 2.45) is 11.0 Å². The summed E-state index contributed by atoms with van der Waals surface area (Å²) in [5.74, 6) is -0.796. The van der Waals surface area contributed by atoms with Crippen molar-refractivity contribution in [3.8, 4) is 11.5 Å². The molecule has 0 aromatic heterocycles. The molecule has 10 heteroatoms. The molecule has 2 N–H and O–H groups in total. The number of methoxy groups -OCH3 is 1. The van der Waals surface area contributed by atoms with Crippen LogP contribution in [0.5, 0.6) is 11.5 Å². The number of phenols is 1. The van der Waals surface area contributed by atoms with Crippen molar-refractivity contribution in [3.05, 3.63) is 58.1 Å². The number of amides is 2. The molecule has 3 rings (SSSR count). The maximum absolute atomic E-state index is 12.3. The van der Waals surface area contributed by atoms with E-state index in [0.29, 0.717) is 11.4 Å². The molecule has 1 heterocycles. The summed E-state index contributed by atoms with van der Waals surface area (Å²) in [6, 6.07) is 10.4. The van der Waals surface area contributed by atoms with Crippen molar-refractivity contribution in [1.29, 1.82) is 0 Å². The van der Waals surface area contributed by atoms with Crippen LogP contribution < -0.4 is 15.1 Å². The molecular formula is C19H18N4O6. The third-order valence-corrected chi connectivity index (χ3v) is 4.48. The number of anilines is 1. The Morgan fingerprint density at radius 2 is 2.07 bits per heavy atom. The Bertz CT molecular complexity index is 973. The summed E-state index contributed by atoms with van der Waals surface area (Å²) in [7, 11) is 1.55. The van der Waals surface area contributed by atoms with Crippen LogP contribution in [-0.4, -0.2) is 41.7 Å². The molecule has 2 amide bonds. The van der Waals surface area contributed by atoms with E-state index in [1.165, 1.54) is 11.0 Å². The summed E-state index contributed by atoms with van der Waals surface area (Å²) in [5.41, 5.74) is 2.84. The van der Waals surface area contributed by atoms with Gasteiger partial charge in [-0.05, 0) is 30.3 Å². The lowest BCUT2D eigenvalue weighted by atomic mass is 10.1. The zero-order valence-electron chi connectivity index (χ0n) is 15.4. The summed E-state index contributed by atoms with van der Waals surface area (Å²) in [4.78, 5) is 36.3. The number of carbonyl (C=O) groups excluding carboxylic acids is 2. The fourth-order valence-corrected chi connectivity index (χ4v) is 2.91. The van der Waals surface area contributed by atoms with Crippen LogP contribution in [0.2, 0.25) is 0 Å². The molecule has 1 atom stereocenters. The van der Waals surface area contributed by atoms with Crippen molar-refractivity contribution in [1.82, 2.24) is 5.43 Å². The summed E-state index contributed by atoms with van der Waals surface area (Å²) in [6.45, 7) is 0.203. The molecule has 0 bridgehead atoms. The molecule has 2 aromatic carbocycles. The van der Waals surface area contributed by atoms with Gasteiger partial charge in [0.2, 0.25) is 11.8 Å². The van der Waals surface area contributed by atoms with Gasteiger partial charge in [0.05, 0.1) is 24.2 Å². The number of carbonyl (C=O) groups is 2. The number of benzene rings is 2. The second-order valence-electron chi connectivity index (χ2n) is 6.34. The van der Waals surface area contributed by atoms with Gasteiger partial charge in [0.15, 0.2) is 0 Å². The third-order valence-electron chi connectivity index (χ3n) is 4.48. The number of hydrogen-bond acceptors (Lipinski definition) is 7. The zero-order chi connectivity index (χ0) is 21.0. The van der Waals surface area contributed by atoms with E-state index in [1.54, 1.807) is 31.4 Å². The van der Waals surface area contributed by atoms with Crippen LogP contribution in [-0.2, 0) is 9.59 Å². The van der Waals surface area contributed by atoms with E-state index in [4.69, 9.17) is 4.74 Å². The fraction of sp³-hybridized carbons (Fsp3) is 0.211. The number of hydrazone groups is 1. The first-order valence-corrected chi connectivity index (χ1v) is 8.64. The highest BCUT2D eigenvalue weighted by atomic mass is 16.6. The van der Waals surface area contributed by atoms with Gasteiger partial charge in [-0.15, -0.1) is 0 Å². The van der Waals surface area contributed by atoms with E-state index >= 15 is 0 Å². The SMILES string of the molecule is COc1ccc(N2C[C@H](C(=O)N/N=C/c3cc([N+](=O)[O-])ccc3O)CC2=O)cc1. The molecule has 150 valence electrons. The van der Waals surface area contributed by atoms with Gasteiger partial charge in [0.1, 0.15) is 11.5 Å². The molecule has 10 nitrogen and oxygen atoms in total. The number of hydrogen-bond donors (Lipinski definition) is 2. The van der Waals surface area contributed by atoms with Gasteiger partial charge < -0.3 is 14.7 Å². The second kappa shape index (κ2) is 8.38. The Balaban J connectivity index is 1.63. The van der Waals surface area contributed by atoms with Gasteiger partial charge in [0, 0.05) is 36.3 Å². The highest BCUT2D eigenvalue weighted by Gasteiger charge is 2.35. The number of nitro benzene ring substituents is 1. The van der Waals surface area contributed by atoms with E-state index in [0.717, 1.165) is 18.3 Å². The number of aromatic hydroxyl groups is 1. The predicted molar refractivity (Wildman–Crippen MR) is 104 cm³/mol. The summed E-state index contributed by atoms with van der Waals surface area (Å²) < 4.78 is 5.09. The quantitative estimate of drug-likeness (QED) is 0.433. The summed E-state index contributed by atoms with van der Waals surface area (Å²) >= 11 is 0. The lowest BCUT2D eigenvalue weighted by Gasteiger charge is -2.16. The third kappa shape index (κ3) is 4.49. The molecule has 0 unspecified atom stereocenters. The largest absolute Gasteiger partial charge is 0.507 e. The normalized spacial score (nSPS) is 16.2. The Hall–Kier alpha value is -3.95. The summed E-state index contributed by atoms with van der Waals surface area (Å²) in [5, 5.41) is 24.3. The minimum Gasteiger partial charge on any atom is -0.507 e. The first-order valence-electron chi connectivity index (χ1n) is 8.64. The van der Waals surface area contributed by atoms with Crippen molar-refractivity contribution in [2.75, 3.05) is 18.6 Å². The smallest absolute Gasteiger partial charge is 0.270 e. The second-order valence-corrected chi connectivity index (χ2v) is 6.34. The van der Waals surface area contributed by atoms with Crippen LogP contribution >= 0.6 is 0 Å². The number of phenolic OH excluding ortho intramolecular Hbond substituents is 1. The number of ether oxygens (including phenoxy) is 1. The Labute approximate surface area is 165 Å². The van der Waals surface area contributed by atoms with Crippen molar-refractivity contribution < 1.29 is 24.4 Å². The van der Waals surface area contributed by atoms with Crippen LogP contribution in [0.3, 0.4) is 0 Å². The topological polar surface area (TPSA) is 134 Å². The van der Waals surface area contributed by atoms with Gasteiger partial charge in [-0.2, -0.15) is 5.10 Å². The molecule has 0 spiro atoms. The molecule has 1 fully saturated rings. The van der Waals surface area contributed by atoms with Crippen LogP contribution in [0.25, 0.3) is 0 Å². The van der Waals surface area contributed by atoms with E-state index in [-0.39, 0.29) is 35.9 Å². The van der Waals surface area contributed by atoms with Crippen LogP contribution in [0.15, 0.2) is 47.6 Å². The zero-order valence-corrected chi connectivity index (χ0v) is 15.4. The highest BCUT2D eigenvalue weighted by Crippen LogP contribution is 2.27. The maximum Gasteiger partial charge on any atom is 0.270 e. The van der Waals surface area contributed by atoms with Gasteiger partial charge in [-0.25, -0.2) is 5.43 Å². The first-order chi connectivity index (χ1) is 13.9. The molecule has 1 aliphatic rings. The van der Waals surface area contributed by atoms with E-state index in [2.05, 4.69) is 10.5 Å². The van der Waals surface area contributed by atoms with Crippen LogP contribution in [0.4, 0.5) is 11.4 Å². The van der Waals surface area contributed by atoms with Crippen LogP contribution in [0.1, 0.15) is 12.0 Å². The first kappa shape index (κ1) is 19.8. The average Bonchev–Trinajstić information content (AvgIpc) is 3.11. The minimum absolute atomic E-state index is 0.0371. The van der Waals surface area contributed by atoms with Gasteiger partial charge in [-0.3, -0.25) is 19.7 Å².